The Balaban J connectivity index is 2.14. The van der Waals surface area contributed by atoms with Gasteiger partial charge < -0.3 is 10.3 Å². The number of imidazole rings is 1. The Morgan fingerprint density at radius 1 is 1.62 bits per heavy atom. The highest BCUT2D eigenvalue weighted by atomic mass is 15.2. The molecule has 0 spiro atoms. The van der Waals surface area contributed by atoms with Gasteiger partial charge in [0.25, 0.3) is 0 Å². The summed E-state index contributed by atoms with van der Waals surface area (Å²) in [6, 6.07) is 0.405. The molecule has 1 saturated heterocycles. The first-order valence-electron chi connectivity index (χ1n) is 4.70. The second kappa shape index (κ2) is 3.47. The predicted octanol–water partition coefficient (Wildman–Crippen LogP) is 0.294. The molecular formula is C9H16N4. The summed E-state index contributed by atoms with van der Waals surface area (Å²) in [6.07, 6.45) is 1.89. The van der Waals surface area contributed by atoms with E-state index in [9.17, 15) is 0 Å². The third-order valence-electron chi connectivity index (χ3n) is 2.55. The molecule has 1 aliphatic rings. The molecule has 2 N–H and O–H groups in total. The van der Waals surface area contributed by atoms with Crippen molar-refractivity contribution in [2.24, 2.45) is 0 Å². The molecule has 1 aromatic heterocycles. The summed E-state index contributed by atoms with van der Waals surface area (Å²) in [5.74, 6) is 1.08. The number of H-pyrrole nitrogens is 1. The Morgan fingerprint density at radius 3 is 3.08 bits per heavy atom. The number of piperazine rings is 1. The van der Waals surface area contributed by atoms with Gasteiger partial charge in [-0.2, -0.15) is 0 Å². The molecule has 4 heteroatoms. The fraction of sp³-hybridized carbons (Fsp3) is 0.667. The average Bonchev–Trinajstić information content (AvgIpc) is 2.53. The molecule has 4 nitrogen and oxygen atoms in total. The molecule has 2 heterocycles. The van der Waals surface area contributed by atoms with Crippen LogP contribution in [0.2, 0.25) is 0 Å². The summed E-state index contributed by atoms with van der Waals surface area (Å²) >= 11 is 0. The third kappa shape index (κ3) is 1.73. The highest BCUT2D eigenvalue weighted by molar-refractivity contribution is 5.04. The van der Waals surface area contributed by atoms with Crippen LogP contribution in [0.15, 0.2) is 6.20 Å². The minimum atomic E-state index is 0.405. The lowest BCUT2D eigenvalue weighted by Gasteiger charge is -2.31. The Kier molecular flexibility index (Phi) is 2.33. The first kappa shape index (κ1) is 8.72. The lowest BCUT2D eigenvalue weighted by molar-refractivity contribution is 0.195. The van der Waals surface area contributed by atoms with Crippen molar-refractivity contribution >= 4 is 0 Å². The van der Waals surface area contributed by atoms with Gasteiger partial charge in [-0.25, -0.2) is 4.98 Å². The zero-order chi connectivity index (χ0) is 9.26. The van der Waals surface area contributed by atoms with Crippen LogP contribution in [-0.4, -0.2) is 41.5 Å². The molecule has 0 bridgehead atoms. The number of hydrogen-bond acceptors (Lipinski definition) is 3. The zero-order valence-corrected chi connectivity index (χ0v) is 8.17. The van der Waals surface area contributed by atoms with E-state index in [1.165, 1.54) is 0 Å². The maximum atomic E-state index is 4.35. The molecular weight excluding hydrogens is 164 g/mol. The largest absolute Gasteiger partial charge is 0.345 e. The number of rotatable bonds is 1. The second-order valence-corrected chi connectivity index (χ2v) is 3.65. The minimum Gasteiger partial charge on any atom is -0.345 e. The fourth-order valence-corrected chi connectivity index (χ4v) is 1.71. The van der Waals surface area contributed by atoms with E-state index in [2.05, 4.69) is 27.2 Å². The zero-order valence-electron chi connectivity index (χ0n) is 8.17. The Morgan fingerprint density at radius 2 is 2.46 bits per heavy atom. The second-order valence-electron chi connectivity index (χ2n) is 3.65. The van der Waals surface area contributed by atoms with E-state index in [0.717, 1.165) is 31.2 Å². The molecule has 1 aliphatic heterocycles. The van der Waals surface area contributed by atoms with Gasteiger partial charge in [0.1, 0.15) is 5.82 Å². The Hall–Kier alpha value is -0.870. The van der Waals surface area contributed by atoms with Crippen LogP contribution in [0.25, 0.3) is 0 Å². The maximum absolute atomic E-state index is 4.35. The van der Waals surface area contributed by atoms with Gasteiger partial charge in [0, 0.05) is 31.5 Å². The lowest BCUT2D eigenvalue weighted by atomic mass is 10.2. The van der Waals surface area contributed by atoms with Gasteiger partial charge in [0.15, 0.2) is 0 Å². The molecule has 0 aliphatic carbocycles. The molecule has 0 amide bonds. The molecule has 2 rings (SSSR count). The number of likely N-dealkylation sites (N-methyl/N-ethyl adjacent to an activating group) is 1. The molecule has 1 atom stereocenters. The average molecular weight is 180 g/mol. The Bertz CT molecular complexity index is 281. The SMILES string of the molecule is Cc1cnc(C2CNCCN2C)[nH]1. The smallest absolute Gasteiger partial charge is 0.124 e. The first-order chi connectivity index (χ1) is 6.27. The molecule has 0 radical (unpaired) electrons. The van der Waals surface area contributed by atoms with Crippen molar-refractivity contribution in [1.29, 1.82) is 0 Å². The molecule has 1 aromatic rings. The summed E-state index contributed by atoms with van der Waals surface area (Å²) < 4.78 is 0. The summed E-state index contributed by atoms with van der Waals surface area (Å²) in [6.45, 7) is 5.19. The predicted molar refractivity (Wildman–Crippen MR) is 51.6 cm³/mol. The van der Waals surface area contributed by atoms with E-state index in [4.69, 9.17) is 0 Å². The highest BCUT2D eigenvalue weighted by Gasteiger charge is 2.22. The van der Waals surface area contributed by atoms with Crippen LogP contribution in [0, 0.1) is 6.92 Å². The van der Waals surface area contributed by atoms with Gasteiger partial charge in [0.05, 0.1) is 6.04 Å². The van der Waals surface area contributed by atoms with Crippen LogP contribution < -0.4 is 5.32 Å². The van der Waals surface area contributed by atoms with Crippen LogP contribution in [0.4, 0.5) is 0 Å². The third-order valence-corrected chi connectivity index (χ3v) is 2.55. The summed E-state index contributed by atoms with van der Waals surface area (Å²) in [5, 5.41) is 3.37. The minimum absolute atomic E-state index is 0.405. The van der Waals surface area contributed by atoms with Crippen molar-refractivity contribution in [2.45, 2.75) is 13.0 Å². The van der Waals surface area contributed by atoms with Crippen molar-refractivity contribution in [2.75, 3.05) is 26.7 Å². The number of nitrogens with zero attached hydrogens (tertiary/aromatic N) is 2. The van der Waals surface area contributed by atoms with Crippen molar-refractivity contribution in [3.8, 4) is 0 Å². The number of aromatic amines is 1. The lowest BCUT2D eigenvalue weighted by Crippen LogP contribution is -2.44. The van der Waals surface area contributed by atoms with Crippen LogP contribution in [0.5, 0.6) is 0 Å². The van der Waals surface area contributed by atoms with Crippen molar-refractivity contribution in [3.63, 3.8) is 0 Å². The molecule has 72 valence electrons. The van der Waals surface area contributed by atoms with E-state index in [0.29, 0.717) is 6.04 Å². The number of aryl methyl sites for hydroxylation is 1. The first-order valence-corrected chi connectivity index (χ1v) is 4.70. The maximum Gasteiger partial charge on any atom is 0.124 e. The van der Waals surface area contributed by atoms with Gasteiger partial charge in [-0.15, -0.1) is 0 Å². The van der Waals surface area contributed by atoms with Gasteiger partial charge in [-0.1, -0.05) is 0 Å². The van der Waals surface area contributed by atoms with Gasteiger partial charge in [-0.05, 0) is 14.0 Å². The van der Waals surface area contributed by atoms with E-state index in [1.807, 2.05) is 13.1 Å². The van der Waals surface area contributed by atoms with Gasteiger partial charge >= 0.3 is 0 Å². The normalized spacial score (nSPS) is 24.9. The van der Waals surface area contributed by atoms with Crippen molar-refractivity contribution in [3.05, 3.63) is 17.7 Å². The quantitative estimate of drug-likeness (QED) is 0.653. The summed E-state index contributed by atoms with van der Waals surface area (Å²) in [5.41, 5.74) is 1.13. The molecule has 0 saturated carbocycles. The summed E-state index contributed by atoms with van der Waals surface area (Å²) in [4.78, 5) is 9.96. The van der Waals surface area contributed by atoms with E-state index in [-0.39, 0.29) is 0 Å². The van der Waals surface area contributed by atoms with Crippen LogP contribution >= 0.6 is 0 Å². The summed E-state index contributed by atoms with van der Waals surface area (Å²) in [7, 11) is 2.14. The van der Waals surface area contributed by atoms with Gasteiger partial charge in [0.2, 0.25) is 0 Å². The highest BCUT2D eigenvalue weighted by Crippen LogP contribution is 2.16. The van der Waals surface area contributed by atoms with Crippen LogP contribution in [0.3, 0.4) is 0 Å². The van der Waals surface area contributed by atoms with Gasteiger partial charge in [-0.3, -0.25) is 4.90 Å². The Labute approximate surface area is 78.4 Å². The molecule has 1 unspecified atom stereocenters. The topological polar surface area (TPSA) is 44.0 Å². The standard InChI is InChI=1S/C9H16N4/c1-7-5-11-9(12-7)8-6-10-3-4-13(8)2/h5,8,10H,3-4,6H2,1-2H3,(H,11,12). The van der Waals surface area contributed by atoms with Crippen LogP contribution in [0.1, 0.15) is 17.6 Å². The van der Waals surface area contributed by atoms with E-state index >= 15 is 0 Å². The van der Waals surface area contributed by atoms with Crippen LogP contribution in [-0.2, 0) is 0 Å². The monoisotopic (exact) mass is 180 g/mol. The molecule has 0 aromatic carbocycles. The number of aromatic nitrogens is 2. The number of nitrogens with one attached hydrogen (secondary N) is 2. The molecule has 13 heavy (non-hydrogen) atoms. The number of hydrogen-bond donors (Lipinski definition) is 2. The van der Waals surface area contributed by atoms with E-state index < -0.39 is 0 Å². The van der Waals surface area contributed by atoms with Crippen molar-refractivity contribution < 1.29 is 0 Å². The fourth-order valence-electron chi connectivity index (χ4n) is 1.71. The van der Waals surface area contributed by atoms with E-state index in [1.54, 1.807) is 0 Å². The van der Waals surface area contributed by atoms with Crippen molar-refractivity contribution in [1.82, 2.24) is 20.2 Å². The molecule has 1 fully saturated rings.